The summed E-state index contributed by atoms with van der Waals surface area (Å²) < 4.78 is 0. The van der Waals surface area contributed by atoms with Crippen LogP contribution in [0.1, 0.15) is 12.0 Å². The molecule has 0 saturated heterocycles. The number of rotatable bonds is 3. The second-order valence-corrected chi connectivity index (χ2v) is 2.49. The van der Waals surface area contributed by atoms with Crippen LogP contribution in [0, 0.1) is 0 Å². The number of carboxylic acids is 1. The maximum absolute atomic E-state index is 10.2. The lowest BCUT2D eigenvalue weighted by atomic mass is 10.1. The number of carbonyl (C=O) groups is 1. The van der Waals surface area contributed by atoms with Crippen LogP contribution >= 0.6 is 0 Å². The summed E-state index contributed by atoms with van der Waals surface area (Å²) in [6.45, 7) is 0. The third-order valence-corrected chi connectivity index (χ3v) is 1.48. The van der Waals surface area contributed by atoms with E-state index in [-0.39, 0.29) is 6.42 Å². The Labute approximate surface area is 70.0 Å². The third kappa shape index (κ3) is 2.57. The Kier molecular flexibility index (Phi) is 2.63. The molecule has 0 amide bonds. The molecule has 0 radical (unpaired) electrons. The highest BCUT2D eigenvalue weighted by molar-refractivity contribution is 5.67. The molecule has 0 fully saturated rings. The van der Waals surface area contributed by atoms with Crippen LogP contribution in [0.25, 0.3) is 0 Å². The zero-order valence-corrected chi connectivity index (χ0v) is 6.53. The summed E-state index contributed by atoms with van der Waals surface area (Å²) in [4.78, 5) is 14.0. The first-order valence-electron chi connectivity index (χ1n) is 3.60. The second kappa shape index (κ2) is 3.71. The Hall–Kier alpha value is -1.58. The number of nitrogens with zero attached hydrogens (tertiary/aromatic N) is 1. The Balaban J connectivity index is 2.53. The minimum absolute atomic E-state index is 0.131. The van der Waals surface area contributed by atoms with Crippen molar-refractivity contribution in [3.8, 4) is 0 Å². The Morgan fingerprint density at radius 3 is 2.83 bits per heavy atom. The molecule has 1 heterocycles. The number of hydrogen-bond donors (Lipinski definition) is 2. The molecule has 0 aliphatic heterocycles. The Bertz CT molecular complexity index is 269. The highest BCUT2D eigenvalue weighted by atomic mass is 16.4. The summed E-state index contributed by atoms with van der Waals surface area (Å²) in [5.74, 6) is -0.346. The summed E-state index contributed by atoms with van der Waals surface area (Å²) in [6.07, 6.45) is 2.23. The van der Waals surface area contributed by atoms with E-state index in [1.807, 2.05) is 0 Å². The van der Waals surface area contributed by atoms with Crippen LogP contribution in [-0.4, -0.2) is 16.1 Å². The molecular weight excluding hydrogens is 156 g/mol. The van der Waals surface area contributed by atoms with Gasteiger partial charge in [-0.15, -0.1) is 0 Å². The highest BCUT2D eigenvalue weighted by Crippen LogP contribution is 2.03. The van der Waals surface area contributed by atoms with Crippen molar-refractivity contribution in [3.63, 3.8) is 0 Å². The van der Waals surface area contributed by atoms with Gasteiger partial charge in [-0.1, -0.05) is 6.07 Å². The zero-order valence-electron chi connectivity index (χ0n) is 6.53. The number of hydrogen-bond acceptors (Lipinski definition) is 3. The lowest BCUT2D eigenvalue weighted by Gasteiger charge is -1.97. The van der Waals surface area contributed by atoms with Crippen molar-refractivity contribution in [1.29, 1.82) is 0 Å². The van der Waals surface area contributed by atoms with Gasteiger partial charge in [-0.2, -0.15) is 0 Å². The summed E-state index contributed by atoms with van der Waals surface area (Å²) in [6, 6.07) is 3.45. The molecule has 0 atom stereocenters. The summed E-state index contributed by atoms with van der Waals surface area (Å²) in [7, 11) is 0. The predicted octanol–water partition coefficient (Wildman–Crippen LogP) is 0.681. The smallest absolute Gasteiger partial charge is 0.303 e. The fraction of sp³-hybridized carbons (Fsp3) is 0.250. The van der Waals surface area contributed by atoms with Crippen LogP contribution < -0.4 is 5.73 Å². The number of nitrogen functional groups attached to an aromatic ring is 1. The van der Waals surface area contributed by atoms with Gasteiger partial charge in [-0.3, -0.25) is 4.79 Å². The largest absolute Gasteiger partial charge is 0.481 e. The highest BCUT2D eigenvalue weighted by Gasteiger charge is 1.98. The molecule has 4 nitrogen and oxygen atoms in total. The molecule has 64 valence electrons. The first kappa shape index (κ1) is 8.52. The molecule has 0 aliphatic carbocycles. The van der Waals surface area contributed by atoms with Crippen LogP contribution in [0.3, 0.4) is 0 Å². The number of anilines is 1. The lowest BCUT2D eigenvalue weighted by Crippen LogP contribution is -1.98. The van der Waals surface area contributed by atoms with Gasteiger partial charge in [0.25, 0.3) is 0 Å². The van der Waals surface area contributed by atoms with E-state index in [4.69, 9.17) is 10.8 Å². The third-order valence-electron chi connectivity index (χ3n) is 1.48. The standard InChI is InChI=1S/C8H10N2O2/c9-7-3-1-6(5-10-7)2-4-8(11)12/h1,3,5H,2,4H2,(H2,9,10)(H,11,12). The van der Waals surface area contributed by atoms with Gasteiger partial charge in [0.15, 0.2) is 0 Å². The van der Waals surface area contributed by atoms with Crippen molar-refractivity contribution < 1.29 is 9.90 Å². The normalized spacial score (nSPS) is 9.67. The fourth-order valence-electron chi connectivity index (χ4n) is 0.835. The van der Waals surface area contributed by atoms with Gasteiger partial charge in [0.05, 0.1) is 0 Å². The van der Waals surface area contributed by atoms with E-state index in [0.29, 0.717) is 12.2 Å². The summed E-state index contributed by atoms with van der Waals surface area (Å²) in [5, 5.41) is 8.38. The summed E-state index contributed by atoms with van der Waals surface area (Å²) >= 11 is 0. The van der Waals surface area contributed by atoms with Crippen molar-refractivity contribution in [2.75, 3.05) is 5.73 Å². The average Bonchev–Trinajstić information content (AvgIpc) is 2.03. The van der Waals surface area contributed by atoms with E-state index in [0.717, 1.165) is 5.56 Å². The molecule has 0 aromatic carbocycles. The fourth-order valence-corrected chi connectivity index (χ4v) is 0.835. The van der Waals surface area contributed by atoms with Gasteiger partial charge in [-0.05, 0) is 18.1 Å². The number of aromatic nitrogens is 1. The van der Waals surface area contributed by atoms with Crippen LogP contribution in [0.5, 0.6) is 0 Å². The average molecular weight is 166 g/mol. The maximum atomic E-state index is 10.2. The molecule has 1 rings (SSSR count). The predicted molar refractivity (Wildman–Crippen MR) is 44.6 cm³/mol. The van der Waals surface area contributed by atoms with E-state index in [1.165, 1.54) is 0 Å². The molecule has 1 aromatic heterocycles. The molecule has 12 heavy (non-hydrogen) atoms. The molecule has 3 N–H and O–H groups in total. The second-order valence-electron chi connectivity index (χ2n) is 2.49. The number of pyridine rings is 1. The van der Waals surface area contributed by atoms with E-state index in [2.05, 4.69) is 4.98 Å². The lowest BCUT2D eigenvalue weighted by molar-refractivity contribution is -0.136. The van der Waals surface area contributed by atoms with E-state index >= 15 is 0 Å². The topological polar surface area (TPSA) is 76.2 Å². The van der Waals surface area contributed by atoms with Crippen LogP contribution in [0.4, 0.5) is 5.82 Å². The quantitative estimate of drug-likeness (QED) is 0.692. The van der Waals surface area contributed by atoms with Crippen molar-refractivity contribution in [1.82, 2.24) is 4.98 Å². The SMILES string of the molecule is Nc1ccc(CCC(=O)O)cn1. The van der Waals surface area contributed by atoms with Crippen molar-refractivity contribution in [2.24, 2.45) is 0 Å². The Morgan fingerprint density at radius 2 is 2.33 bits per heavy atom. The number of aryl methyl sites for hydroxylation is 1. The van der Waals surface area contributed by atoms with Crippen LogP contribution in [-0.2, 0) is 11.2 Å². The number of nitrogens with two attached hydrogens (primary N) is 1. The van der Waals surface area contributed by atoms with E-state index in [9.17, 15) is 4.79 Å². The van der Waals surface area contributed by atoms with Crippen molar-refractivity contribution in [3.05, 3.63) is 23.9 Å². The summed E-state index contributed by atoms with van der Waals surface area (Å²) in [5.41, 5.74) is 6.25. The zero-order chi connectivity index (χ0) is 8.97. The monoisotopic (exact) mass is 166 g/mol. The number of aliphatic carboxylic acids is 1. The molecule has 1 aromatic rings. The molecule has 0 spiro atoms. The van der Waals surface area contributed by atoms with Crippen LogP contribution in [0.15, 0.2) is 18.3 Å². The van der Waals surface area contributed by atoms with Gasteiger partial charge < -0.3 is 10.8 Å². The van der Waals surface area contributed by atoms with Crippen molar-refractivity contribution in [2.45, 2.75) is 12.8 Å². The van der Waals surface area contributed by atoms with E-state index < -0.39 is 5.97 Å². The molecule has 0 saturated carbocycles. The van der Waals surface area contributed by atoms with Gasteiger partial charge in [0, 0.05) is 12.6 Å². The minimum Gasteiger partial charge on any atom is -0.481 e. The Morgan fingerprint density at radius 1 is 1.58 bits per heavy atom. The molecule has 0 aliphatic rings. The van der Waals surface area contributed by atoms with E-state index in [1.54, 1.807) is 18.3 Å². The molecule has 0 bridgehead atoms. The van der Waals surface area contributed by atoms with Gasteiger partial charge in [-0.25, -0.2) is 4.98 Å². The molecular formula is C8H10N2O2. The van der Waals surface area contributed by atoms with Gasteiger partial charge in [0.2, 0.25) is 0 Å². The molecule has 4 heteroatoms. The van der Waals surface area contributed by atoms with Gasteiger partial charge >= 0.3 is 5.97 Å². The van der Waals surface area contributed by atoms with Crippen LogP contribution in [0.2, 0.25) is 0 Å². The number of carboxylic acid groups (broad SMARTS) is 1. The maximum Gasteiger partial charge on any atom is 0.303 e. The molecule has 0 unspecified atom stereocenters. The van der Waals surface area contributed by atoms with Crippen molar-refractivity contribution >= 4 is 11.8 Å². The minimum atomic E-state index is -0.799. The first-order valence-corrected chi connectivity index (χ1v) is 3.60. The van der Waals surface area contributed by atoms with Gasteiger partial charge in [0.1, 0.15) is 5.82 Å². The first-order chi connectivity index (χ1) is 5.68.